The summed E-state index contributed by atoms with van der Waals surface area (Å²) in [6.45, 7) is 0. The van der Waals surface area contributed by atoms with Crippen molar-refractivity contribution < 1.29 is 72.4 Å². The van der Waals surface area contributed by atoms with Crippen LogP contribution >= 0.6 is 0 Å². The minimum Gasteiger partial charge on any atom is -0.736 e. The van der Waals surface area contributed by atoms with Crippen LogP contribution in [0.1, 0.15) is 0 Å². The Bertz CT molecular complexity index is 313. The van der Waals surface area contributed by atoms with Gasteiger partial charge in [0, 0.05) is 0 Å². The fraction of sp³-hybridized carbons (Fsp3) is 0. The molecule has 0 aliphatic heterocycles. The van der Waals surface area contributed by atoms with Crippen molar-refractivity contribution in [1.29, 1.82) is 0 Å². The van der Waals surface area contributed by atoms with E-state index in [1.54, 1.807) is 0 Å². The molecule has 3 N–H and O–H groups in total. The van der Waals surface area contributed by atoms with Gasteiger partial charge in [-0.15, -0.1) is 3.63 Å². The third kappa shape index (κ3) is 21.1. The molecule has 88 valence electrons. The Morgan fingerprint density at radius 2 is 1.20 bits per heavy atom. The monoisotopic (exact) mass is 314 g/mol. The fourth-order valence-corrected chi connectivity index (χ4v) is 0.448. The molecule has 0 aliphatic rings. The molecule has 0 amide bonds. The van der Waals surface area contributed by atoms with E-state index in [9.17, 15) is 25.6 Å². The van der Waals surface area contributed by atoms with Crippen LogP contribution in [0.3, 0.4) is 0 Å². The van der Waals surface area contributed by atoms with Crippen LogP contribution in [0.15, 0.2) is 0 Å². The van der Waals surface area contributed by atoms with Gasteiger partial charge in [-0.1, -0.05) is 0 Å². The molecular formula is H3NaO10S4. The van der Waals surface area contributed by atoms with Crippen molar-refractivity contribution in [2.75, 3.05) is 0 Å². The standard InChI is InChI=1S/Na.2H2O5S2/c;1-6(2)7(3,4)5;1-6(2)5-7(3)4/h;(H,1,2)(H,3,4,5);(H,1,2)(H,3,4)/q+1;;/p-1. The van der Waals surface area contributed by atoms with Crippen LogP contribution in [0.4, 0.5) is 0 Å². The second kappa shape index (κ2) is 10.4. The number of hydrogen-bond donors (Lipinski definition) is 3. The summed E-state index contributed by atoms with van der Waals surface area (Å²) in [6, 6.07) is 0. The van der Waals surface area contributed by atoms with Crippen LogP contribution in [0.5, 0.6) is 0 Å². The Balaban J connectivity index is -0.000000180. The van der Waals surface area contributed by atoms with Gasteiger partial charge in [-0.25, -0.2) is 12.6 Å². The van der Waals surface area contributed by atoms with Crippen LogP contribution in [0.25, 0.3) is 0 Å². The summed E-state index contributed by atoms with van der Waals surface area (Å²) < 4.78 is 81.6. The van der Waals surface area contributed by atoms with Gasteiger partial charge in [0.2, 0.25) is 9.15 Å². The van der Waals surface area contributed by atoms with E-state index in [1.165, 1.54) is 0 Å². The van der Waals surface area contributed by atoms with Crippen LogP contribution in [0.2, 0.25) is 0 Å². The molecule has 0 heterocycles. The zero-order valence-corrected chi connectivity index (χ0v) is 12.1. The summed E-state index contributed by atoms with van der Waals surface area (Å²) in [5, 5.41) is 0. The van der Waals surface area contributed by atoms with E-state index < -0.39 is 42.0 Å². The molecule has 0 aliphatic carbocycles. The van der Waals surface area contributed by atoms with Gasteiger partial charge in [0.1, 0.15) is 0 Å². The van der Waals surface area contributed by atoms with Crippen LogP contribution in [0, 0.1) is 0 Å². The average molecular weight is 314 g/mol. The molecule has 15 heteroatoms. The topological polar surface area (TPSA) is 178 Å². The minimum absolute atomic E-state index is 0. The summed E-state index contributed by atoms with van der Waals surface area (Å²) in [4.78, 5) is 0. The Labute approximate surface area is 113 Å². The SMILES string of the molecule is O=S(O)OS(=O)O.O=S(O)S(=O)(=O)[O-].[Na+]. The maximum atomic E-state index is 9.35. The molecule has 0 bridgehead atoms. The van der Waals surface area contributed by atoms with Gasteiger partial charge in [0.25, 0.3) is 10.1 Å². The first-order chi connectivity index (χ1) is 6.07. The zero-order valence-electron chi connectivity index (χ0n) is 6.83. The van der Waals surface area contributed by atoms with E-state index in [4.69, 9.17) is 13.7 Å². The van der Waals surface area contributed by atoms with Gasteiger partial charge in [-0.3, -0.25) is 13.7 Å². The molecule has 0 fully saturated rings. The van der Waals surface area contributed by atoms with E-state index in [0.29, 0.717) is 0 Å². The van der Waals surface area contributed by atoms with E-state index in [1.807, 2.05) is 0 Å². The average Bonchev–Trinajstić information content (AvgIpc) is 1.81. The second-order valence-electron chi connectivity index (χ2n) is 1.13. The molecule has 0 aromatic rings. The summed E-state index contributed by atoms with van der Waals surface area (Å²) in [7, 11) is -8.23. The van der Waals surface area contributed by atoms with Crippen molar-refractivity contribution in [2.45, 2.75) is 0 Å². The summed E-state index contributed by atoms with van der Waals surface area (Å²) >= 11 is -5.29. The predicted octanol–water partition coefficient (Wildman–Crippen LogP) is -5.05. The minimum atomic E-state index is -4.96. The Morgan fingerprint density at radius 1 is 1.00 bits per heavy atom. The summed E-state index contributed by atoms with van der Waals surface area (Å²) in [5.41, 5.74) is 0. The van der Waals surface area contributed by atoms with Gasteiger partial charge in [-0.05, 0) is 0 Å². The third-order valence-corrected chi connectivity index (χ3v) is 2.62. The molecule has 0 aromatic carbocycles. The first-order valence-electron chi connectivity index (χ1n) is 2.05. The van der Waals surface area contributed by atoms with Crippen LogP contribution < -0.4 is 29.6 Å². The molecule has 1 unspecified atom stereocenters. The van der Waals surface area contributed by atoms with Crippen molar-refractivity contribution in [3.63, 3.8) is 0 Å². The van der Waals surface area contributed by atoms with Gasteiger partial charge in [-0.2, -0.15) is 8.42 Å². The summed E-state index contributed by atoms with van der Waals surface area (Å²) in [6.07, 6.45) is 0. The largest absolute Gasteiger partial charge is 1.00 e. The van der Waals surface area contributed by atoms with E-state index in [0.717, 1.165) is 0 Å². The van der Waals surface area contributed by atoms with Crippen LogP contribution in [-0.4, -0.2) is 39.3 Å². The van der Waals surface area contributed by atoms with Crippen molar-refractivity contribution in [3.05, 3.63) is 0 Å². The van der Waals surface area contributed by atoms with E-state index in [2.05, 4.69) is 3.63 Å². The molecule has 10 nitrogen and oxygen atoms in total. The first kappa shape index (κ1) is 21.5. The van der Waals surface area contributed by atoms with E-state index in [-0.39, 0.29) is 29.6 Å². The van der Waals surface area contributed by atoms with Gasteiger partial charge in [0.15, 0.2) is 0 Å². The maximum absolute atomic E-state index is 9.35. The molecular weight excluding hydrogens is 311 g/mol. The Morgan fingerprint density at radius 3 is 1.20 bits per heavy atom. The van der Waals surface area contributed by atoms with Crippen LogP contribution in [-0.2, 0) is 45.6 Å². The Hall–Kier alpha value is 1.20. The molecule has 0 rings (SSSR count). The van der Waals surface area contributed by atoms with Crippen molar-refractivity contribution in [3.8, 4) is 0 Å². The van der Waals surface area contributed by atoms with Gasteiger partial charge >= 0.3 is 52.3 Å². The molecule has 1 atom stereocenters. The molecule has 0 aromatic heterocycles. The fourth-order valence-electron chi connectivity index (χ4n) is 0.0498. The molecule has 0 radical (unpaired) electrons. The second-order valence-corrected chi connectivity index (χ2v) is 5.87. The summed E-state index contributed by atoms with van der Waals surface area (Å²) in [5.74, 6) is 0. The van der Waals surface area contributed by atoms with Crippen molar-refractivity contribution in [1.82, 2.24) is 0 Å². The van der Waals surface area contributed by atoms with Gasteiger partial charge in [0.05, 0.1) is 0 Å². The quantitative estimate of drug-likeness (QED) is 0.197. The van der Waals surface area contributed by atoms with E-state index >= 15 is 0 Å². The smallest absolute Gasteiger partial charge is 0.736 e. The van der Waals surface area contributed by atoms with Crippen molar-refractivity contribution in [2.24, 2.45) is 0 Å². The third-order valence-electron chi connectivity index (χ3n) is 0.291. The Kier molecular flexibility index (Phi) is 14.8. The normalized spacial score (nSPS) is 16.3. The number of rotatable bonds is 3. The van der Waals surface area contributed by atoms with Crippen molar-refractivity contribution >= 4 is 42.0 Å². The van der Waals surface area contributed by atoms with Gasteiger partial charge < -0.3 is 4.55 Å². The molecule has 0 saturated heterocycles. The zero-order chi connectivity index (χ0) is 11.9. The number of hydrogen-bond acceptors (Lipinski definition) is 7. The molecule has 15 heavy (non-hydrogen) atoms. The first-order valence-corrected chi connectivity index (χ1v) is 7.14. The maximum Gasteiger partial charge on any atom is 1.00 e. The molecule has 0 spiro atoms. The predicted molar refractivity (Wildman–Crippen MR) is 43.1 cm³/mol. The molecule has 0 saturated carbocycles.